The molecule has 20 heavy (non-hydrogen) atoms. The fourth-order valence-electron chi connectivity index (χ4n) is 1.82. The van der Waals surface area contributed by atoms with Crippen LogP contribution in [0.4, 0.5) is 0 Å². The van der Waals surface area contributed by atoms with Gasteiger partial charge in [0.1, 0.15) is 0 Å². The molecule has 0 spiro atoms. The molecule has 104 valence electrons. The third-order valence-corrected chi connectivity index (χ3v) is 3.32. The molecule has 0 aliphatic rings. The number of nitrogens with two attached hydrogens (primary N) is 1. The predicted octanol–water partition coefficient (Wildman–Crippen LogP) is 1.19. The fraction of sp³-hybridized carbons (Fsp3) is 0.143. The van der Waals surface area contributed by atoms with Crippen molar-refractivity contribution in [2.24, 2.45) is 5.84 Å². The van der Waals surface area contributed by atoms with Crippen LogP contribution < -0.4 is 16.8 Å². The normalized spacial score (nSPS) is 10.3. The third kappa shape index (κ3) is 3.79. The molecule has 5 nitrogen and oxygen atoms in total. The molecule has 0 aliphatic carbocycles. The molecule has 1 heterocycles. The fourth-order valence-corrected chi connectivity index (χ4v) is 2.20. The van der Waals surface area contributed by atoms with E-state index in [9.17, 15) is 9.59 Å². The molecule has 1 amide bonds. The minimum absolute atomic E-state index is 0.0558. The Labute approximate surface area is 124 Å². The number of nitrogens with one attached hydrogen (secondary N) is 1. The van der Waals surface area contributed by atoms with Crippen molar-refractivity contribution in [3.05, 3.63) is 68.5 Å². The largest absolute Gasteiger partial charge is 0.310 e. The number of rotatable bonds is 4. The number of carbonyl (C=O) groups excluding carboxylic acids is 1. The van der Waals surface area contributed by atoms with Crippen LogP contribution in [0.5, 0.6) is 0 Å². The Morgan fingerprint density at radius 3 is 2.45 bits per heavy atom. The van der Waals surface area contributed by atoms with E-state index >= 15 is 0 Å². The highest BCUT2D eigenvalue weighted by atomic mass is 79.9. The Kier molecular flexibility index (Phi) is 4.70. The van der Waals surface area contributed by atoms with Gasteiger partial charge in [0, 0.05) is 16.7 Å². The molecule has 0 saturated carbocycles. The lowest BCUT2D eigenvalue weighted by molar-refractivity contribution is -0.120. The molecule has 2 rings (SSSR count). The summed E-state index contributed by atoms with van der Waals surface area (Å²) >= 11 is 3.34. The molecule has 0 atom stereocenters. The second-order valence-electron chi connectivity index (χ2n) is 4.37. The van der Waals surface area contributed by atoms with Crippen molar-refractivity contribution < 1.29 is 4.79 Å². The van der Waals surface area contributed by atoms with Crippen LogP contribution in [0.1, 0.15) is 11.1 Å². The van der Waals surface area contributed by atoms with E-state index < -0.39 is 0 Å². The molecule has 0 aliphatic heterocycles. The molecule has 6 heteroatoms. The molecule has 0 fully saturated rings. The summed E-state index contributed by atoms with van der Waals surface area (Å²) < 4.78 is 2.47. The summed E-state index contributed by atoms with van der Waals surface area (Å²) in [5, 5.41) is 0. The van der Waals surface area contributed by atoms with E-state index in [1.54, 1.807) is 16.8 Å². The van der Waals surface area contributed by atoms with E-state index in [0.717, 1.165) is 15.6 Å². The first-order valence-corrected chi connectivity index (χ1v) is 6.81. The zero-order valence-corrected chi connectivity index (χ0v) is 12.3. The molecule has 0 radical (unpaired) electrons. The van der Waals surface area contributed by atoms with Crippen molar-refractivity contribution in [1.82, 2.24) is 9.99 Å². The number of nitrogens with zero attached hydrogens (tertiary/aromatic N) is 1. The average molecular weight is 336 g/mol. The van der Waals surface area contributed by atoms with Gasteiger partial charge in [-0.25, -0.2) is 5.84 Å². The number of amides is 1. The second kappa shape index (κ2) is 6.49. The lowest BCUT2D eigenvalue weighted by Gasteiger charge is -2.07. The van der Waals surface area contributed by atoms with Gasteiger partial charge in [0.25, 0.3) is 5.56 Å². The topological polar surface area (TPSA) is 77.1 Å². The Hall–Kier alpha value is -1.92. The Morgan fingerprint density at radius 2 is 1.80 bits per heavy atom. The first kappa shape index (κ1) is 14.5. The summed E-state index contributed by atoms with van der Waals surface area (Å²) in [6.45, 7) is 0.488. The zero-order valence-electron chi connectivity index (χ0n) is 10.7. The van der Waals surface area contributed by atoms with Crippen LogP contribution in [0.25, 0.3) is 0 Å². The van der Waals surface area contributed by atoms with Gasteiger partial charge in [0.2, 0.25) is 5.91 Å². The molecular formula is C14H14BrN3O2. The summed E-state index contributed by atoms with van der Waals surface area (Å²) in [6.07, 6.45) is 1.99. The van der Waals surface area contributed by atoms with Crippen LogP contribution in [0.2, 0.25) is 0 Å². The highest BCUT2D eigenvalue weighted by molar-refractivity contribution is 9.10. The van der Waals surface area contributed by atoms with Gasteiger partial charge in [-0.3, -0.25) is 15.0 Å². The monoisotopic (exact) mass is 335 g/mol. The van der Waals surface area contributed by atoms with Crippen LogP contribution in [-0.2, 0) is 17.8 Å². The molecule has 0 unspecified atom stereocenters. The summed E-state index contributed by atoms with van der Waals surface area (Å²) in [5.41, 5.74) is 3.90. The van der Waals surface area contributed by atoms with Crippen LogP contribution in [0, 0.1) is 0 Å². The minimum atomic E-state index is -0.235. The van der Waals surface area contributed by atoms with Gasteiger partial charge in [-0.05, 0) is 33.1 Å². The smallest absolute Gasteiger partial charge is 0.250 e. The van der Waals surface area contributed by atoms with Crippen molar-refractivity contribution in [2.75, 3.05) is 0 Å². The maximum atomic E-state index is 11.7. The quantitative estimate of drug-likeness (QED) is 0.500. The zero-order chi connectivity index (χ0) is 14.5. The third-order valence-electron chi connectivity index (χ3n) is 2.85. The van der Waals surface area contributed by atoms with E-state index in [0.29, 0.717) is 6.54 Å². The van der Waals surface area contributed by atoms with Gasteiger partial charge < -0.3 is 4.57 Å². The number of benzene rings is 1. The van der Waals surface area contributed by atoms with Gasteiger partial charge in [-0.15, -0.1) is 0 Å². The van der Waals surface area contributed by atoms with Gasteiger partial charge in [0.15, 0.2) is 0 Å². The second-order valence-corrected chi connectivity index (χ2v) is 5.29. The summed E-state index contributed by atoms with van der Waals surface area (Å²) in [5.74, 6) is 4.81. The Balaban J connectivity index is 2.12. The molecule has 3 N–H and O–H groups in total. The van der Waals surface area contributed by atoms with Crippen LogP contribution in [-0.4, -0.2) is 10.5 Å². The minimum Gasteiger partial charge on any atom is -0.310 e. The van der Waals surface area contributed by atoms with E-state index in [1.807, 2.05) is 24.3 Å². The summed E-state index contributed by atoms with van der Waals surface area (Å²) in [7, 11) is 0. The first-order valence-electron chi connectivity index (χ1n) is 6.02. The van der Waals surface area contributed by atoms with Crippen molar-refractivity contribution in [3.8, 4) is 0 Å². The maximum Gasteiger partial charge on any atom is 0.250 e. The predicted molar refractivity (Wildman–Crippen MR) is 80.0 cm³/mol. The molecule has 1 aromatic carbocycles. The van der Waals surface area contributed by atoms with Gasteiger partial charge >= 0.3 is 0 Å². The molecule has 0 bridgehead atoms. The van der Waals surface area contributed by atoms with Gasteiger partial charge in [0.05, 0.1) is 13.0 Å². The number of hydrazine groups is 1. The molecular weight excluding hydrogens is 322 g/mol. The van der Waals surface area contributed by atoms with Gasteiger partial charge in [-0.2, -0.15) is 0 Å². The van der Waals surface area contributed by atoms with Gasteiger partial charge in [-0.1, -0.05) is 24.3 Å². The Morgan fingerprint density at radius 1 is 1.15 bits per heavy atom. The summed E-state index contributed by atoms with van der Waals surface area (Å²) in [4.78, 5) is 22.9. The maximum absolute atomic E-state index is 11.7. The molecule has 1 aromatic heterocycles. The van der Waals surface area contributed by atoms with Crippen molar-refractivity contribution in [2.45, 2.75) is 13.0 Å². The highest BCUT2D eigenvalue weighted by Crippen LogP contribution is 2.09. The highest BCUT2D eigenvalue weighted by Gasteiger charge is 2.02. The van der Waals surface area contributed by atoms with Crippen molar-refractivity contribution in [1.29, 1.82) is 0 Å². The molecule has 0 saturated heterocycles. The van der Waals surface area contributed by atoms with Crippen LogP contribution >= 0.6 is 15.9 Å². The van der Waals surface area contributed by atoms with Crippen LogP contribution in [0.15, 0.2) is 51.9 Å². The van der Waals surface area contributed by atoms with Crippen molar-refractivity contribution in [3.63, 3.8) is 0 Å². The number of halogens is 1. The SMILES string of the molecule is NNC(=O)Cc1ccc(Cn2cc(Br)ccc2=O)cc1. The number of carbonyl (C=O) groups is 1. The van der Waals surface area contributed by atoms with E-state index in [1.165, 1.54) is 6.07 Å². The van der Waals surface area contributed by atoms with Crippen LogP contribution in [0.3, 0.4) is 0 Å². The number of aromatic nitrogens is 1. The lowest BCUT2D eigenvalue weighted by Crippen LogP contribution is -2.31. The first-order chi connectivity index (χ1) is 9.58. The van der Waals surface area contributed by atoms with E-state index in [4.69, 9.17) is 5.84 Å². The van der Waals surface area contributed by atoms with E-state index in [2.05, 4.69) is 21.4 Å². The standard InChI is InChI=1S/C14H14BrN3O2/c15-12-5-6-14(20)18(9-12)8-11-3-1-10(2-4-11)7-13(19)17-16/h1-6,9H,7-8,16H2,(H,17,19). The van der Waals surface area contributed by atoms with E-state index in [-0.39, 0.29) is 17.9 Å². The average Bonchev–Trinajstić information content (AvgIpc) is 2.45. The Bertz CT molecular complexity index is 665. The lowest BCUT2D eigenvalue weighted by atomic mass is 10.1. The number of pyridine rings is 1. The molecule has 2 aromatic rings. The number of hydrogen-bond acceptors (Lipinski definition) is 3. The van der Waals surface area contributed by atoms with Crippen molar-refractivity contribution >= 4 is 21.8 Å². The number of hydrogen-bond donors (Lipinski definition) is 2. The summed E-state index contributed by atoms with van der Waals surface area (Å²) in [6, 6.07) is 10.7.